The van der Waals surface area contributed by atoms with Crippen molar-refractivity contribution in [2.45, 2.75) is 25.7 Å². The predicted octanol–water partition coefficient (Wildman–Crippen LogP) is 2.42. The minimum Gasteiger partial charge on any atom is -0.334 e. The Labute approximate surface area is 112 Å². The molecule has 0 bridgehead atoms. The molecule has 0 aromatic heterocycles. The number of rotatable bonds is 3. The van der Waals surface area contributed by atoms with Crippen LogP contribution in [-0.2, 0) is 15.0 Å². The van der Waals surface area contributed by atoms with Gasteiger partial charge in [0.05, 0.1) is 13.0 Å². The summed E-state index contributed by atoms with van der Waals surface area (Å²) in [5.41, 5.74) is 0.854. The van der Waals surface area contributed by atoms with E-state index in [0.717, 1.165) is 5.56 Å². The highest BCUT2D eigenvalue weighted by molar-refractivity contribution is 6.30. The first-order valence-electron chi connectivity index (χ1n) is 5.94. The Bertz CT molecular complexity index is 496. The lowest BCUT2D eigenvalue weighted by atomic mass is 9.84. The summed E-state index contributed by atoms with van der Waals surface area (Å²) in [6.07, 6.45) is 0.0472. The van der Waals surface area contributed by atoms with E-state index in [1.807, 2.05) is 24.3 Å². The molecular formula is C14H16ClNO2. The molecule has 4 heteroatoms. The van der Waals surface area contributed by atoms with E-state index < -0.39 is 0 Å². The van der Waals surface area contributed by atoms with Crippen molar-refractivity contribution in [3.8, 4) is 0 Å². The highest BCUT2D eigenvalue weighted by Gasteiger charge is 2.32. The summed E-state index contributed by atoms with van der Waals surface area (Å²) in [5, 5.41) is 0.685. The van der Waals surface area contributed by atoms with Crippen molar-refractivity contribution in [2.75, 3.05) is 13.1 Å². The Morgan fingerprint density at radius 1 is 1.33 bits per heavy atom. The Morgan fingerprint density at radius 3 is 2.61 bits per heavy atom. The topological polar surface area (TPSA) is 37.4 Å². The van der Waals surface area contributed by atoms with Crippen molar-refractivity contribution in [3.63, 3.8) is 0 Å². The van der Waals surface area contributed by atoms with E-state index in [-0.39, 0.29) is 30.1 Å². The van der Waals surface area contributed by atoms with Gasteiger partial charge < -0.3 is 4.90 Å². The maximum Gasteiger partial charge on any atom is 0.230 e. The minimum absolute atomic E-state index is 0.00175. The number of amides is 1. The molecule has 1 saturated heterocycles. The van der Waals surface area contributed by atoms with Gasteiger partial charge in [-0.2, -0.15) is 0 Å². The second kappa shape index (κ2) is 4.73. The summed E-state index contributed by atoms with van der Waals surface area (Å²) in [6, 6.07) is 7.63. The van der Waals surface area contributed by atoms with Crippen LogP contribution in [0.15, 0.2) is 24.3 Å². The van der Waals surface area contributed by atoms with E-state index in [2.05, 4.69) is 13.8 Å². The number of hydrogen-bond acceptors (Lipinski definition) is 2. The van der Waals surface area contributed by atoms with Gasteiger partial charge in [0.2, 0.25) is 5.91 Å². The third-order valence-corrected chi connectivity index (χ3v) is 3.50. The second-order valence-electron chi connectivity index (χ2n) is 5.36. The highest BCUT2D eigenvalue weighted by Crippen LogP contribution is 2.27. The molecule has 0 spiro atoms. The van der Waals surface area contributed by atoms with Crippen LogP contribution in [0.2, 0.25) is 5.02 Å². The van der Waals surface area contributed by atoms with Crippen LogP contribution < -0.4 is 0 Å². The van der Waals surface area contributed by atoms with Gasteiger partial charge in [0.25, 0.3) is 0 Å². The molecule has 1 aromatic carbocycles. The van der Waals surface area contributed by atoms with Crippen molar-refractivity contribution in [3.05, 3.63) is 34.9 Å². The van der Waals surface area contributed by atoms with Crippen LogP contribution in [0.1, 0.15) is 25.8 Å². The van der Waals surface area contributed by atoms with Crippen molar-refractivity contribution in [2.24, 2.45) is 0 Å². The fourth-order valence-electron chi connectivity index (χ4n) is 2.26. The van der Waals surface area contributed by atoms with E-state index in [4.69, 9.17) is 11.6 Å². The molecule has 1 aromatic rings. The van der Waals surface area contributed by atoms with Crippen molar-refractivity contribution >= 4 is 23.3 Å². The lowest BCUT2D eigenvalue weighted by molar-refractivity contribution is -0.128. The number of ketones is 1. The monoisotopic (exact) mass is 265 g/mol. The first-order chi connectivity index (χ1) is 8.38. The molecule has 0 unspecified atom stereocenters. The summed E-state index contributed by atoms with van der Waals surface area (Å²) in [5.74, 6) is -0.0722. The van der Waals surface area contributed by atoms with Crippen molar-refractivity contribution in [1.82, 2.24) is 4.90 Å². The normalized spacial score (nSPS) is 16.5. The molecule has 0 saturated carbocycles. The molecule has 0 N–H and O–H groups in total. The molecule has 1 aliphatic heterocycles. The number of Topliss-reactive ketones (excluding diaryl/α,β-unsaturated/α-hetero) is 1. The van der Waals surface area contributed by atoms with E-state index in [0.29, 0.717) is 11.6 Å². The molecule has 96 valence electrons. The van der Waals surface area contributed by atoms with Crippen molar-refractivity contribution in [1.29, 1.82) is 0 Å². The maximum absolute atomic E-state index is 11.6. The van der Waals surface area contributed by atoms with Gasteiger partial charge in [-0.25, -0.2) is 0 Å². The van der Waals surface area contributed by atoms with Gasteiger partial charge >= 0.3 is 0 Å². The Kier molecular flexibility index (Phi) is 3.44. The summed E-state index contributed by atoms with van der Waals surface area (Å²) in [6.45, 7) is 4.88. The largest absolute Gasteiger partial charge is 0.334 e. The van der Waals surface area contributed by atoms with Crippen LogP contribution in [0, 0.1) is 0 Å². The zero-order valence-corrected chi connectivity index (χ0v) is 11.3. The standard InChI is InChI=1S/C14H16ClNO2/c1-14(2,10-4-3-5-11(15)6-10)9-16-8-12(17)7-13(16)18/h3-6H,7-9H2,1-2H3. The number of likely N-dealkylation sites (tertiary alicyclic amines) is 1. The highest BCUT2D eigenvalue weighted by atomic mass is 35.5. The molecule has 0 radical (unpaired) electrons. The molecule has 18 heavy (non-hydrogen) atoms. The maximum atomic E-state index is 11.6. The average molecular weight is 266 g/mol. The molecule has 3 nitrogen and oxygen atoms in total. The lowest BCUT2D eigenvalue weighted by Gasteiger charge is -2.30. The summed E-state index contributed by atoms with van der Waals surface area (Å²) in [7, 11) is 0. The Balaban J connectivity index is 2.17. The van der Waals surface area contributed by atoms with Crippen LogP contribution in [0.5, 0.6) is 0 Å². The third-order valence-electron chi connectivity index (χ3n) is 3.26. The average Bonchev–Trinajstić information content (AvgIpc) is 2.56. The first-order valence-corrected chi connectivity index (χ1v) is 6.32. The van der Waals surface area contributed by atoms with Crippen LogP contribution in [0.25, 0.3) is 0 Å². The molecule has 1 amide bonds. The van der Waals surface area contributed by atoms with Gasteiger partial charge in [-0.3, -0.25) is 9.59 Å². The van der Waals surface area contributed by atoms with Crippen LogP contribution in [0.3, 0.4) is 0 Å². The van der Waals surface area contributed by atoms with Gasteiger partial charge in [-0.05, 0) is 17.7 Å². The number of nitrogens with zero attached hydrogens (tertiary/aromatic N) is 1. The molecule has 1 heterocycles. The smallest absolute Gasteiger partial charge is 0.230 e. The molecular weight excluding hydrogens is 250 g/mol. The number of hydrogen-bond donors (Lipinski definition) is 0. The molecule has 1 fully saturated rings. The second-order valence-corrected chi connectivity index (χ2v) is 5.80. The molecule has 1 aliphatic rings. The van der Waals surface area contributed by atoms with E-state index in [9.17, 15) is 9.59 Å². The quantitative estimate of drug-likeness (QED) is 0.787. The SMILES string of the molecule is CC(C)(CN1CC(=O)CC1=O)c1cccc(Cl)c1. The summed E-state index contributed by atoms with van der Waals surface area (Å²) in [4.78, 5) is 24.5. The number of carbonyl (C=O) groups excluding carboxylic acids is 2. The molecule has 0 atom stereocenters. The van der Waals surface area contributed by atoms with E-state index >= 15 is 0 Å². The zero-order valence-electron chi connectivity index (χ0n) is 10.6. The van der Waals surface area contributed by atoms with Gasteiger partial charge in [0.1, 0.15) is 0 Å². The minimum atomic E-state index is -0.217. The van der Waals surface area contributed by atoms with Crippen LogP contribution in [-0.4, -0.2) is 29.7 Å². The predicted molar refractivity (Wildman–Crippen MR) is 70.7 cm³/mol. The molecule has 0 aliphatic carbocycles. The van der Waals surface area contributed by atoms with Crippen LogP contribution >= 0.6 is 11.6 Å². The number of halogens is 1. The van der Waals surface area contributed by atoms with Gasteiger partial charge in [-0.1, -0.05) is 37.6 Å². The third kappa shape index (κ3) is 2.72. The Hall–Kier alpha value is -1.35. The van der Waals surface area contributed by atoms with Crippen molar-refractivity contribution < 1.29 is 9.59 Å². The van der Waals surface area contributed by atoms with E-state index in [1.54, 1.807) is 4.90 Å². The van der Waals surface area contributed by atoms with Gasteiger partial charge in [0.15, 0.2) is 5.78 Å². The summed E-state index contributed by atoms with van der Waals surface area (Å²) < 4.78 is 0. The molecule has 2 rings (SSSR count). The number of benzene rings is 1. The van der Waals surface area contributed by atoms with E-state index in [1.165, 1.54) is 0 Å². The Morgan fingerprint density at radius 2 is 2.06 bits per heavy atom. The zero-order chi connectivity index (χ0) is 13.3. The van der Waals surface area contributed by atoms with Gasteiger partial charge in [-0.15, -0.1) is 0 Å². The van der Waals surface area contributed by atoms with Crippen LogP contribution in [0.4, 0.5) is 0 Å². The number of carbonyl (C=O) groups is 2. The first kappa shape index (κ1) is 13.1. The van der Waals surface area contributed by atoms with Gasteiger partial charge in [0, 0.05) is 17.0 Å². The fraction of sp³-hybridized carbons (Fsp3) is 0.429. The lowest BCUT2D eigenvalue weighted by Crippen LogP contribution is -2.38. The summed E-state index contributed by atoms with van der Waals surface area (Å²) >= 11 is 5.98. The fourth-order valence-corrected chi connectivity index (χ4v) is 2.45.